The summed E-state index contributed by atoms with van der Waals surface area (Å²) in [7, 11) is -17.2. The van der Waals surface area contributed by atoms with Gasteiger partial charge in [-0.3, -0.25) is 9.09 Å². The van der Waals surface area contributed by atoms with Crippen molar-refractivity contribution in [3.63, 3.8) is 0 Å². The van der Waals surface area contributed by atoms with Gasteiger partial charge < -0.3 is 39.5 Å². The Hall–Kier alpha value is -0.260. The van der Waals surface area contributed by atoms with Crippen LogP contribution in [0.1, 0.15) is 13.2 Å². The summed E-state index contributed by atoms with van der Waals surface area (Å²) in [5.74, 6) is -3.39. The number of phosphoric acid groups is 3. The number of alkyl halides is 1. The lowest BCUT2D eigenvalue weighted by atomic mass is 9.95. The molecular weight excluding hydrogens is 532 g/mol. The molecule has 2 heterocycles. The molecule has 0 amide bonds. The smallest absolute Gasteiger partial charge is 0.384 e. The number of phosphoric ester groups is 1. The molecule has 3 unspecified atom stereocenters. The maximum absolute atomic E-state index is 15.2. The van der Waals surface area contributed by atoms with Gasteiger partial charge in [0.25, 0.3) is 5.85 Å². The summed E-state index contributed by atoms with van der Waals surface area (Å²) in [6.45, 7) is -0.696. The first-order valence-corrected chi connectivity index (χ1v) is 13.0. The first kappa shape index (κ1) is 27.0. The highest BCUT2D eigenvalue weighted by Crippen LogP contribution is 2.66. The molecule has 7 N–H and O–H groups in total. The summed E-state index contributed by atoms with van der Waals surface area (Å²) in [5, 5.41) is 20.7. The number of halogens is 1. The number of aromatic amines is 1. The van der Waals surface area contributed by atoms with Gasteiger partial charge in [0.05, 0.1) is 0 Å². The molecule has 0 aromatic carbocycles. The van der Waals surface area contributed by atoms with Gasteiger partial charge in [0, 0.05) is 6.20 Å². The SMILES string of the molecule is C[C@@]1(O)C(O)[C@@](F)(COP(=O)(O)OP(=O)(O)OP(=O)(O)O)O[C@H]1n1ccc(=S)[nH]c1=S. The van der Waals surface area contributed by atoms with Gasteiger partial charge in [-0.15, -0.1) is 0 Å². The third kappa shape index (κ3) is 6.63. The molecular formula is C10H16FN2O13P3S2. The Kier molecular flexibility index (Phi) is 7.69. The summed E-state index contributed by atoms with van der Waals surface area (Å²) in [6, 6.07) is 1.31. The number of hydrogen-bond acceptors (Lipinski definition) is 11. The van der Waals surface area contributed by atoms with Crippen LogP contribution in [0.2, 0.25) is 0 Å². The van der Waals surface area contributed by atoms with E-state index in [-0.39, 0.29) is 9.41 Å². The van der Waals surface area contributed by atoms with Gasteiger partial charge in [-0.2, -0.15) is 8.62 Å². The Balaban J connectivity index is 2.22. The van der Waals surface area contributed by atoms with E-state index in [1.54, 1.807) is 0 Å². The van der Waals surface area contributed by atoms with Crippen molar-refractivity contribution in [3.8, 4) is 0 Å². The molecule has 6 atom stereocenters. The highest BCUT2D eigenvalue weighted by molar-refractivity contribution is 7.72. The molecule has 0 radical (unpaired) electrons. The maximum atomic E-state index is 15.2. The summed E-state index contributed by atoms with van der Waals surface area (Å²) < 4.78 is 66.0. The fourth-order valence-electron chi connectivity index (χ4n) is 2.48. The number of rotatable bonds is 8. The van der Waals surface area contributed by atoms with E-state index in [2.05, 4.69) is 18.1 Å². The fourth-order valence-corrected chi connectivity index (χ4v) is 6.00. The Bertz CT molecular complexity index is 1100. The molecule has 0 saturated carbocycles. The lowest BCUT2D eigenvalue weighted by Crippen LogP contribution is -2.49. The Morgan fingerprint density at radius 3 is 2.32 bits per heavy atom. The topological polar surface area (TPSA) is 230 Å². The van der Waals surface area contributed by atoms with Gasteiger partial charge in [0.15, 0.2) is 11.0 Å². The zero-order valence-electron chi connectivity index (χ0n) is 15.0. The van der Waals surface area contributed by atoms with Crippen LogP contribution in [0.4, 0.5) is 4.39 Å². The predicted molar refractivity (Wildman–Crippen MR) is 101 cm³/mol. The summed E-state index contributed by atoms with van der Waals surface area (Å²) in [4.78, 5) is 38.0. The predicted octanol–water partition coefficient (Wildman–Crippen LogP) is 0.925. The quantitative estimate of drug-likeness (QED) is 0.177. The molecule has 1 aliphatic heterocycles. The molecule has 15 nitrogen and oxygen atoms in total. The maximum Gasteiger partial charge on any atom is 0.490 e. The van der Waals surface area contributed by atoms with Crippen LogP contribution in [-0.4, -0.2) is 63.5 Å². The molecule has 0 spiro atoms. The summed E-state index contributed by atoms with van der Waals surface area (Å²) >= 11 is 9.85. The largest absolute Gasteiger partial charge is 0.490 e. The van der Waals surface area contributed by atoms with E-state index < -0.39 is 53.9 Å². The van der Waals surface area contributed by atoms with Crippen LogP contribution < -0.4 is 0 Å². The number of aliphatic hydroxyl groups is 2. The standard InChI is InChI=1S/C10H16FN2O13P3S2/c1-9(15)6(14)10(11,24-7(9)13-3-2-5(30)12-8(13)31)4-23-28(19,20)26-29(21,22)25-27(16,17)18/h2-3,6-7,14-15H,4H2,1H3,(H,19,20)(H,21,22)(H,12,30,31)(H2,16,17,18)/t6?,7-,9-,10-/m1/s1. The first-order chi connectivity index (χ1) is 13.8. The van der Waals surface area contributed by atoms with Crippen molar-refractivity contribution in [2.24, 2.45) is 0 Å². The minimum atomic E-state index is -5.84. The van der Waals surface area contributed by atoms with Gasteiger partial charge in [-0.1, -0.05) is 12.2 Å². The summed E-state index contributed by atoms with van der Waals surface area (Å²) in [6.07, 6.45) is -2.90. The minimum absolute atomic E-state index is 0.137. The Morgan fingerprint density at radius 2 is 1.81 bits per heavy atom. The number of nitrogens with one attached hydrogen (secondary N) is 1. The molecule has 1 saturated heterocycles. The number of ether oxygens (including phenoxy) is 1. The number of H-pyrrole nitrogens is 1. The zero-order chi connectivity index (χ0) is 24.0. The first-order valence-electron chi connectivity index (χ1n) is 7.65. The highest BCUT2D eigenvalue weighted by Gasteiger charge is 2.63. The highest BCUT2D eigenvalue weighted by atomic mass is 32.1. The summed E-state index contributed by atoms with van der Waals surface area (Å²) in [5.41, 5.74) is -2.39. The van der Waals surface area contributed by atoms with Crippen LogP contribution in [0.25, 0.3) is 0 Å². The van der Waals surface area contributed by atoms with E-state index in [0.717, 1.165) is 11.5 Å². The van der Waals surface area contributed by atoms with E-state index in [1.807, 2.05) is 0 Å². The molecule has 1 fully saturated rings. The zero-order valence-corrected chi connectivity index (χ0v) is 19.4. The third-order valence-electron chi connectivity index (χ3n) is 3.71. The van der Waals surface area contributed by atoms with Gasteiger partial charge in [-0.25, -0.2) is 18.1 Å². The molecule has 1 aliphatic rings. The van der Waals surface area contributed by atoms with Gasteiger partial charge in [-0.05, 0) is 25.2 Å². The van der Waals surface area contributed by atoms with Gasteiger partial charge in [0.2, 0.25) is 0 Å². The molecule has 1 aromatic rings. The van der Waals surface area contributed by atoms with Crippen molar-refractivity contribution in [1.29, 1.82) is 0 Å². The Labute approximate surface area is 182 Å². The molecule has 2 rings (SSSR count). The van der Waals surface area contributed by atoms with Crippen molar-refractivity contribution in [3.05, 3.63) is 21.7 Å². The Morgan fingerprint density at radius 1 is 1.23 bits per heavy atom. The van der Waals surface area contributed by atoms with Crippen LogP contribution >= 0.6 is 47.9 Å². The number of aromatic nitrogens is 2. The van der Waals surface area contributed by atoms with Crippen LogP contribution in [0.5, 0.6) is 0 Å². The van der Waals surface area contributed by atoms with Crippen LogP contribution in [-0.2, 0) is 31.6 Å². The van der Waals surface area contributed by atoms with E-state index in [4.69, 9.17) is 43.9 Å². The van der Waals surface area contributed by atoms with Crippen LogP contribution in [0.3, 0.4) is 0 Å². The lowest BCUT2D eigenvalue weighted by Gasteiger charge is -2.28. The van der Waals surface area contributed by atoms with Crippen molar-refractivity contribution < 1.29 is 65.8 Å². The van der Waals surface area contributed by atoms with E-state index >= 15 is 4.39 Å². The molecule has 0 aliphatic carbocycles. The molecule has 21 heteroatoms. The second-order valence-corrected chi connectivity index (χ2v) is 11.5. The van der Waals surface area contributed by atoms with E-state index in [1.165, 1.54) is 12.3 Å². The van der Waals surface area contributed by atoms with Crippen molar-refractivity contribution in [2.45, 2.75) is 30.7 Å². The molecule has 1 aromatic heterocycles. The van der Waals surface area contributed by atoms with E-state index in [9.17, 15) is 28.8 Å². The second kappa shape index (κ2) is 8.83. The van der Waals surface area contributed by atoms with Crippen LogP contribution in [0.15, 0.2) is 12.3 Å². The van der Waals surface area contributed by atoms with Crippen LogP contribution in [0, 0.1) is 9.41 Å². The van der Waals surface area contributed by atoms with Crippen molar-refractivity contribution in [1.82, 2.24) is 9.55 Å². The molecule has 0 bridgehead atoms. The van der Waals surface area contributed by atoms with Gasteiger partial charge in [0.1, 0.15) is 23.0 Å². The van der Waals surface area contributed by atoms with Crippen molar-refractivity contribution >= 4 is 47.9 Å². The molecule has 31 heavy (non-hydrogen) atoms. The van der Waals surface area contributed by atoms with E-state index in [0.29, 0.717) is 0 Å². The average molecular weight is 548 g/mol. The second-order valence-electron chi connectivity index (χ2n) is 6.27. The minimum Gasteiger partial charge on any atom is -0.384 e. The fraction of sp³-hybridized carbons (Fsp3) is 0.600. The number of aliphatic hydroxyl groups excluding tert-OH is 1. The third-order valence-corrected chi connectivity index (χ3v) is 8.05. The monoisotopic (exact) mass is 548 g/mol. The lowest BCUT2D eigenvalue weighted by molar-refractivity contribution is -0.204. The number of hydrogen-bond donors (Lipinski definition) is 7. The molecule has 178 valence electrons. The average Bonchev–Trinajstić information content (AvgIpc) is 2.71. The number of nitrogens with zero attached hydrogens (tertiary/aromatic N) is 1. The normalized spacial score (nSPS) is 33.0. The van der Waals surface area contributed by atoms with Crippen molar-refractivity contribution in [2.75, 3.05) is 6.61 Å². The van der Waals surface area contributed by atoms with Gasteiger partial charge >= 0.3 is 23.5 Å².